The van der Waals surface area contributed by atoms with Crippen molar-refractivity contribution < 1.29 is 31.4 Å². The molecule has 3 aromatic carbocycles. The Morgan fingerprint density at radius 2 is 1.04 bits per heavy atom. The van der Waals surface area contributed by atoms with Gasteiger partial charge in [0.25, 0.3) is 0 Å². The Bertz CT molecular complexity index is 1110. The summed E-state index contributed by atoms with van der Waals surface area (Å²) in [7, 11) is -0.865. The molecule has 0 saturated carbocycles. The Labute approximate surface area is 157 Å². The number of thiophene rings is 1. The number of phenolic OH excluding ortho intramolecular Hbond substituents is 1. The van der Waals surface area contributed by atoms with Gasteiger partial charge in [-0.1, -0.05) is 0 Å². The molecule has 1 heterocycles. The van der Waals surface area contributed by atoms with Crippen molar-refractivity contribution in [2.24, 2.45) is 0 Å². The van der Waals surface area contributed by atoms with Crippen molar-refractivity contribution in [3.63, 3.8) is 0 Å². The maximum absolute atomic E-state index is 13.2. The van der Waals surface area contributed by atoms with Crippen LogP contribution in [0.25, 0.3) is 25.1 Å². The second kappa shape index (κ2) is 6.13. The van der Waals surface area contributed by atoms with E-state index < -0.39 is 33.9 Å². The quantitative estimate of drug-likeness (QED) is 0.253. The molecule has 0 radical (unpaired) electrons. The van der Waals surface area contributed by atoms with Gasteiger partial charge in [0.15, 0.2) is 14.3 Å². The number of hydrogen-bond donors (Lipinski definition) is 1. The summed E-state index contributed by atoms with van der Waals surface area (Å²) in [4.78, 5) is 0.692. The van der Waals surface area contributed by atoms with Gasteiger partial charge in [-0.05, 0) is 48.5 Å². The molecule has 1 aromatic heterocycles. The van der Waals surface area contributed by atoms with Gasteiger partial charge in [0, 0.05) is 33.4 Å². The van der Waals surface area contributed by atoms with Gasteiger partial charge in [0.2, 0.25) is 0 Å². The summed E-state index contributed by atoms with van der Waals surface area (Å²) < 4.78 is 80.0. The van der Waals surface area contributed by atoms with Gasteiger partial charge in [-0.15, -0.1) is 0 Å². The average Bonchev–Trinajstić information content (AvgIpc) is 2.94. The van der Waals surface area contributed by atoms with E-state index in [9.17, 15) is 31.4 Å². The number of aromatic hydroxyl groups is 1. The standard InChI is InChI=1S/C20H10F6OS/c21-19(22,23)11-1-7-17-15(9-11)16-10-12(20(24,25)26)2-8-18(16)28(17)14-5-3-13(27)4-6-14/h1-10H/p+1. The Morgan fingerprint density at radius 1 is 0.607 bits per heavy atom. The highest BCUT2D eigenvalue weighted by molar-refractivity contribution is 7.50. The van der Waals surface area contributed by atoms with Crippen LogP contribution in [-0.2, 0) is 12.4 Å². The predicted octanol–water partition coefficient (Wildman–Crippen LogP) is 7.47. The minimum Gasteiger partial charge on any atom is -0.508 e. The molecule has 0 atom stereocenters. The lowest BCUT2D eigenvalue weighted by Gasteiger charge is -2.06. The number of rotatable bonds is 1. The van der Waals surface area contributed by atoms with Crippen LogP contribution in [0.1, 0.15) is 11.1 Å². The van der Waals surface area contributed by atoms with Crippen molar-refractivity contribution in [3.05, 3.63) is 71.8 Å². The van der Waals surface area contributed by atoms with Crippen LogP contribution in [0.5, 0.6) is 5.75 Å². The van der Waals surface area contributed by atoms with E-state index >= 15 is 0 Å². The molecule has 28 heavy (non-hydrogen) atoms. The lowest BCUT2D eigenvalue weighted by Crippen LogP contribution is -2.04. The molecular formula is C20H11F6OS+. The van der Waals surface area contributed by atoms with Crippen LogP contribution in [0.15, 0.2) is 60.7 Å². The Balaban J connectivity index is 2.11. The smallest absolute Gasteiger partial charge is 0.416 e. The monoisotopic (exact) mass is 413 g/mol. The van der Waals surface area contributed by atoms with Gasteiger partial charge < -0.3 is 5.11 Å². The van der Waals surface area contributed by atoms with E-state index in [4.69, 9.17) is 0 Å². The number of halogens is 6. The molecule has 0 saturated heterocycles. The molecule has 1 nitrogen and oxygen atoms in total. The van der Waals surface area contributed by atoms with E-state index in [1.165, 1.54) is 24.3 Å². The van der Waals surface area contributed by atoms with Crippen molar-refractivity contribution in [1.29, 1.82) is 0 Å². The highest BCUT2D eigenvalue weighted by Crippen LogP contribution is 2.50. The molecule has 0 aliphatic heterocycles. The largest absolute Gasteiger partial charge is 0.508 e. The minimum absolute atomic E-state index is 0.0202. The molecule has 0 spiro atoms. The predicted molar refractivity (Wildman–Crippen MR) is 96.9 cm³/mol. The topological polar surface area (TPSA) is 20.2 Å². The fraction of sp³-hybridized carbons (Fsp3) is 0.100. The second-order valence-electron chi connectivity index (χ2n) is 6.22. The van der Waals surface area contributed by atoms with Gasteiger partial charge in [-0.2, -0.15) is 26.3 Å². The lowest BCUT2D eigenvalue weighted by atomic mass is 10.1. The summed E-state index contributed by atoms with van der Waals surface area (Å²) in [6.07, 6.45) is -9.20. The number of hydrogen-bond acceptors (Lipinski definition) is 1. The van der Waals surface area contributed by atoms with Crippen LogP contribution in [-0.4, -0.2) is 5.11 Å². The summed E-state index contributed by atoms with van der Waals surface area (Å²) in [6, 6.07) is 12.4. The zero-order valence-corrected chi connectivity index (χ0v) is 14.7. The van der Waals surface area contributed by atoms with Crippen molar-refractivity contribution in [3.8, 4) is 10.6 Å². The van der Waals surface area contributed by atoms with Crippen molar-refractivity contribution >= 4 is 30.6 Å². The molecule has 0 unspecified atom stereocenters. The first-order chi connectivity index (χ1) is 13.1. The van der Waals surface area contributed by atoms with Gasteiger partial charge in [0.05, 0.1) is 11.1 Å². The van der Waals surface area contributed by atoms with E-state index in [0.29, 0.717) is 14.3 Å². The lowest BCUT2D eigenvalue weighted by molar-refractivity contribution is -0.138. The maximum atomic E-state index is 13.2. The highest BCUT2D eigenvalue weighted by atomic mass is 32.2. The zero-order chi connectivity index (χ0) is 20.3. The number of phenols is 1. The van der Waals surface area contributed by atoms with Crippen molar-refractivity contribution in [1.82, 2.24) is 0 Å². The van der Waals surface area contributed by atoms with Crippen LogP contribution >= 0.6 is 10.5 Å². The summed E-state index contributed by atoms with van der Waals surface area (Å²) in [5.74, 6) is 0.0202. The number of benzene rings is 3. The molecule has 4 rings (SSSR count). The maximum Gasteiger partial charge on any atom is 0.416 e. The van der Waals surface area contributed by atoms with E-state index in [-0.39, 0.29) is 16.5 Å². The fourth-order valence-corrected chi connectivity index (χ4v) is 5.48. The van der Waals surface area contributed by atoms with Gasteiger partial charge in [-0.25, -0.2) is 0 Å². The summed E-state index contributed by atoms with van der Waals surface area (Å²) in [5, 5.41) is 9.79. The van der Waals surface area contributed by atoms with Crippen LogP contribution in [0, 0.1) is 0 Å². The van der Waals surface area contributed by atoms with Crippen molar-refractivity contribution in [2.75, 3.05) is 0 Å². The number of fused-ring (bicyclic) bond motifs is 3. The third kappa shape index (κ3) is 3.07. The van der Waals surface area contributed by atoms with E-state index in [0.717, 1.165) is 24.3 Å². The van der Waals surface area contributed by atoms with E-state index in [2.05, 4.69) is 0 Å². The molecule has 144 valence electrons. The molecule has 0 aliphatic carbocycles. The van der Waals surface area contributed by atoms with E-state index in [1.807, 2.05) is 0 Å². The molecule has 1 N–H and O–H groups in total. The third-order valence-corrected chi connectivity index (χ3v) is 6.75. The molecule has 0 aliphatic rings. The van der Waals surface area contributed by atoms with Gasteiger partial charge >= 0.3 is 12.4 Å². The second-order valence-corrected chi connectivity index (χ2v) is 8.18. The summed E-state index contributed by atoms with van der Waals surface area (Å²) in [5.41, 5.74) is -1.82. The molecular weight excluding hydrogens is 402 g/mol. The Kier molecular flexibility index (Phi) is 4.08. The highest BCUT2D eigenvalue weighted by Gasteiger charge is 2.35. The van der Waals surface area contributed by atoms with Crippen molar-refractivity contribution in [2.45, 2.75) is 12.4 Å². The first-order valence-electron chi connectivity index (χ1n) is 8.02. The van der Waals surface area contributed by atoms with Crippen LogP contribution in [0.4, 0.5) is 26.3 Å². The summed E-state index contributed by atoms with van der Waals surface area (Å²) >= 11 is 0. The van der Waals surface area contributed by atoms with Gasteiger partial charge in [0.1, 0.15) is 5.75 Å². The van der Waals surface area contributed by atoms with Crippen LogP contribution in [0.3, 0.4) is 0 Å². The normalized spacial score (nSPS) is 12.8. The molecule has 0 fully saturated rings. The average molecular weight is 413 g/mol. The first-order valence-corrected chi connectivity index (χ1v) is 9.24. The third-order valence-electron chi connectivity index (χ3n) is 4.42. The molecule has 0 amide bonds. The SMILES string of the molecule is Oc1ccc(-[s+]2c3ccc(C(F)(F)F)cc3c3cc(C(F)(F)F)ccc32)cc1. The Morgan fingerprint density at radius 3 is 1.43 bits per heavy atom. The zero-order valence-electron chi connectivity index (χ0n) is 13.9. The first kappa shape index (κ1) is 18.6. The molecule has 4 aromatic rings. The Hall–Kier alpha value is -2.74. The summed E-state index contributed by atoms with van der Waals surface area (Å²) in [6.45, 7) is 0. The minimum atomic E-state index is -4.60. The number of alkyl halides is 6. The van der Waals surface area contributed by atoms with Crippen LogP contribution < -0.4 is 0 Å². The van der Waals surface area contributed by atoms with Crippen LogP contribution in [0.2, 0.25) is 0 Å². The molecule has 8 heteroatoms. The van der Waals surface area contributed by atoms with Gasteiger partial charge in [-0.3, -0.25) is 0 Å². The van der Waals surface area contributed by atoms with E-state index in [1.54, 1.807) is 12.1 Å². The molecule has 0 bridgehead atoms. The fourth-order valence-electron chi connectivity index (χ4n) is 3.14.